The highest BCUT2D eigenvalue weighted by Crippen LogP contribution is 1.92. The maximum absolute atomic E-state index is 11.1. The van der Waals surface area contributed by atoms with Crippen LogP contribution in [-0.4, -0.2) is 40.8 Å². The Morgan fingerprint density at radius 2 is 2.07 bits per heavy atom. The maximum atomic E-state index is 11.1. The molecule has 0 spiro atoms. The fourth-order valence-electron chi connectivity index (χ4n) is 0.858. The summed E-state index contributed by atoms with van der Waals surface area (Å²) in [5, 5.41) is 19.4. The minimum Gasteiger partial charge on any atom is -0.479 e. The minimum atomic E-state index is -1.58. The number of amides is 1. The lowest BCUT2D eigenvalue weighted by molar-refractivity contribution is -0.146. The Hall–Kier alpha value is -1.14. The van der Waals surface area contributed by atoms with Crippen LogP contribution in [0.15, 0.2) is 0 Å². The number of carbonyl (C=O) groups excluding carboxylic acids is 1. The summed E-state index contributed by atoms with van der Waals surface area (Å²) in [5.74, 6) is -1.80. The molecule has 0 aliphatic heterocycles. The van der Waals surface area contributed by atoms with Crippen LogP contribution in [0, 0.1) is 0 Å². The number of rotatable bonds is 6. The summed E-state index contributed by atoms with van der Waals surface area (Å²) in [6.07, 6.45) is -0.266. The van der Waals surface area contributed by atoms with Gasteiger partial charge in [0.2, 0.25) is 5.91 Å². The zero-order valence-electron chi connectivity index (χ0n) is 8.06. The lowest BCUT2D eigenvalue weighted by Gasteiger charge is -2.12. The Morgan fingerprint density at radius 3 is 2.50 bits per heavy atom. The summed E-state index contributed by atoms with van der Waals surface area (Å²) in [6, 6.07) is -0.638. The largest absolute Gasteiger partial charge is 0.479 e. The van der Waals surface area contributed by atoms with Gasteiger partial charge < -0.3 is 21.3 Å². The van der Waals surface area contributed by atoms with E-state index in [9.17, 15) is 9.59 Å². The Bertz CT molecular complexity index is 208. The molecule has 0 aliphatic rings. The molecular formula is C8H16N2O4. The van der Waals surface area contributed by atoms with E-state index < -0.39 is 24.0 Å². The average Bonchev–Trinajstić information content (AvgIpc) is 2.13. The number of nitrogens with one attached hydrogen (secondary N) is 1. The maximum Gasteiger partial charge on any atom is 0.334 e. The smallest absolute Gasteiger partial charge is 0.334 e. The van der Waals surface area contributed by atoms with E-state index in [1.165, 1.54) is 0 Å². The average molecular weight is 204 g/mol. The van der Waals surface area contributed by atoms with Gasteiger partial charge in [-0.1, -0.05) is 13.3 Å². The zero-order chi connectivity index (χ0) is 11.1. The van der Waals surface area contributed by atoms with Gasteiger partial charge in [-0.15, -0.1) is 0 Å². The van der Waals surface area contributed by atoms with Crippen molar-refractivity contribution in [2.24, 2.45) is 5.73 Å². The first-order valence-electron chi connectivity index (χ1n) is 4.43. The van der Waals surface area contributed by atoms with Gasteiger partial charge in [0.05, 0.1) is 12.6 Å². The molecule has 0 saturated carbocycles. The molecule has 82 valence electrons. The Morgan fingerprint density at radius 1 is 1.50 bits per heavy atom. The molecule has 6 nitrogen and oxygen atoms in total. The molecule has 0 aromatic heterocycles. The molecule has 0 aliphatic carbocycles. The van der Waals surface area contributed by atoms with Crippen LogP contribution in [0.3, 0.4) is 0 Å². The van der Waals surface area contributed by atoms with Crippen LogP contribution in [0.4, 0.5) is 0 Å². The van der Waals surface area contributed by atoms with Gasteiger partial charge >= 0.3 is 5.97 Å². The molecule has 0 bridgehead atoms. The number of carbonyl (C=O) groups is 2. The van der Waals surface area contributed by atoms with Gasteiger partial charge in [0.25, 0.3) is 0 Å². The number of aliphatic carboxylic acids is 1. The number of aliphatic hydroxyl groups excluding tert-OH is 1. The molecule has 2 atom stereocenters. The van der Waals surface area contributed by atoms with Crippen LogP contribution >= 0.6 is 0 Å². The second-order valence-corrected chi connectivity index (χ2v) is 2.99. The van der Waals surface area contributed by atoms with E-state index in [0.29, 0.717) is 6.42 Å². The van der Waals surface area contributed by atoms with Gasteiger partial charge in [-0.2, -0.15) is 0 Å². The number of aliphatic hydroxyl groups is 1. The molecule has 0 unspecified atom stereocenters. The summed E-state index contributed by atoms with van der Waals surface area (Å²) in [5.41, 5.74) is 5.45. The SMILES string of the molecule is CCC[C@@H](N)C(=O)NC[C@H](O)C(=O)O. The predicted molar refractivity (Wildman–Crippen MR) is 49.5 cm³/mol. The standard InChI is InChI=1S/C8H16N2O4/c1-2-3-5(9)7(12)10-4-6(11)8(13)14/h5-6,11H,2-4,9H2,1H3,(H,10,12)(H,13,14)/t5-,6+/m1/s1. The van der Waals surface area contributed by atoms with Gasteiger partial charge in [0, 0.05) is 0 Å². The van der Waals surface area contributed by atoms with Crippen LogP contribution in [0.25, 0.3) is 0 Å². The van der Waals surface area contributed by atoms with Crippen molar-refractivity contribution in [1.29, 1.82) is 0 Å². The first-order chi connectivity index (χ1) is 6.49. The normalized spacial score (nSPS) is 14.5. The van der Waals surface area contributed by atoms with Crippen molar-refractivity contribution in [2.45, 2.75) is 31.9 Å². The number of carboxylic acid groups (broad SMARTS) is 1. The van der Waals surface area contributed by atoms with Crippen LogP contribution in [0.1, 0.15) is 19.8 Å². The van der Waals surface area contributed by atoms with E-state index in [4.69, 9.17) is 15.9 Å². The first-order valence-corrected chi connectivity index (χ1v) is 4.43. The van der Waals surface area contributed by atoms with Gasteiger partial charge in [0.15, 0.2) is 6.10 Å². The molecule has 6 heteroatoms. The summed E-state index contributed by atoms with van der Waals surface area (Å²) in [7, 11) is 0. The zero-order valence-corrected chi connectivity index (χ0v) is 8.06. The second kappa shape index (κ2) is 6.33. The molecule has 14 heavy (non-hydrogen) atoms. The molecule has 5 N–H and O–H groups in total. The monoisotopic (exact) mass is 204 g/mol. The third-order valence-corrected chi connectivity index (χ3v) is 1.69. The number of carboxylic acids is 1. The Labute approximate surface area is 82.1 Å². The van der Waals surface area contributed by atoms with Gasteiger partial charge in [0.1, 0.15) is 0 Å². The van der Waals surface area contributed by atoms with E-state index >= 15 is 0 Å². The van der Waals surface area contributed by atoms with E-state index in [-0.39, 0.29) is 6.54 Å². The molecule has 0 aromatic carbocycles. The third-order valence-electron chi connectivity index (χ3n) is 1.69. The lowest BCUT2D eigenvalue weighted by Crippen LogP contribution is -2.44. The highest BCUT2D eigenvalue weighted by Gasteiger charge is 2.17. The van der Waals surface area contributed by atoms with Crippen molar-refractivity contribution in [3.63, 3.8) is 0 Å². The third kappa shape index (κ3) is 4.78. The number of hydrogen-bond donors (Lipinski definition) is 4. The molecule has 0 radical (unpaired) electrons. The highest BCUT2D eigenvalue weighted by molar-refractivity contribution is 5.82. The number of hydrogen-bond acceptors (Lipinski definition) is 4. The predicted octanol–water partition coefficient (Wildman–Crippen LogP) is -1.32. The quantitative estimate of drug-likeness (QED) is 0.428. The summed E-state index contributed by atoms with van der Waals surface area (Å²) < 4.78 is 0. The summed E-state index contributed by atoms with van der Waals surface area (Å²) >= 11 is 0. The van der Waals surface area contributed by atoms with Crippen molar-refractivity contribution in [1.82, 2.24) is 5.32 Å². The lowest BCUT2D eigenvalue weighted by atomic mass is 10.1. The van der Waals surface area contributed by atoms with Gasteiger partial charge in [-0.05, 0) is 6.42 Å². The minimum absolute atomic E-state index is 0.314. The van der Waals surface area contributed by atoms with E-state index in [0.717, 1.165) is 6.42 Å². The van der Waals surface area contributed by atoms with Crippen molar-refractivity contribution < 1.29 is 19.8 Å². The molecule has 0 rings (SSSR count). The van der Waals surface area contributed by atoms with Gasteiger partial charge in [-0.25, -0.2) is 4.79 Å². The van der Waals surface area contributed by atoms with Gasteiger partial charge in [-0.3, -0.25) is 4.79 Å². The van der Waals surface area contributed by atoms with E-state index in [1.807, 2.05) is 6.92 Å². The first kappa shape index (κ1) is 12.9. The molecule has 1 amide bonds. The number of nitrogens with two attached hydrogens (primary N) is 1. The molecule has 0 aromatic rings. The molecule has 0 saturated heterocycles. The Kier molecular flexibility index (Phi) is 5.82. The van der Waals surface area contributed by atoms with E-state index in [2.05, 4.69) is 5.32 Å². The van der Waals surface area contributed by atoms with Crippen LogP contribution in [-0.2, 0) is 9.59 Å². The van der Waals surface area contributed by atoms with Crippen LogP contribution in [0.5, 0.6) is 0 Å². The highest BCUT2D eigenvalue weighted by atomic mass is 16.4. The molecular weight excluding hydrogens is 188 g/mol. The van der Waals surface area contributed by atoms with Crippen LogP contribution in [0.2, 0.25) is 0 Å². The summed E-state index contributed by atoms with van der Waals surface area (Å²) in [4.78, 5) is 21.3. The fourth-order valence-corrected chi connectivity index (χ4v) is 0.858. The van der Waals surface area contributed by atoms with Crippen molar-refractivity contribution in [3.05, 3.63) is 0 Å². The van der Waals surface area contributed by atoms with Crippen LogP contribution < -0.4 is 11.1 Å². The van der Waals surface area contributed by atoms with Crippen molar-refractivity contribution in [2.75, 3.05) is 6.54 Å². The van der Waals surface area contributed by atoms with E-state index in [1.54, 1.807) is 0 Å². The molecule has 0 heterocycles. The van der Waals surface area contributed by atoms with Crippen molar-refractivity contribution in [3.8, 4) is 0 Å². The fraction of sp³-hybridized carbons (Fsp3) is 0.750. The summed E-state index contributed by atoms with van der Waals surface area (Å²) in [6.45, 7) is 1.57. The van der Waals surface area contributed by atoms with Crippen molar-refractivity contribution >= 4 is 11.9 Å². The Balaban J connectivity index is 3.78. The molecule has 0 fully saturated rings. The second-order valence-electron chi connectivity index (χ2n) is 2.99. The topological polar surface area (TPSA) is 113 Å².